The van der Waals surface area contributed by atoms with E-state index in [-0.39, 0.29) is 12.2 Å². The standard InChI is InChI=1S/C21H23IN2O5S/c22-16-6-8-17(9-7-16)23-21(20(28)29,11-10-18(25)26)24-19(27)15(13-30)12-14-4-2-1-3-5-14/h1-9,15,23,30H,10-13H2,(H,24,27)(H,25,26)(H,28,29)/t15?,21-/m0/s1. The molecule has 0 fully saturated rings. The summed E-state index contributed by atoms with van der Waals surface area (Å²) in [5.41, 5.74) is -0.599. The predicted octanol–water partition coefficient (Wildman–Crippen LogP) is 3.25. The summed E-state index contributed by atoms with van der Waals surface area (Å²) in [6, 6.07) is 16.2. The van der Waals surface area contributed by atoms with Crippen LogP contribution >= 0.6 is 35.2 Å². The number of carbonyl (C=O) groups excluding carboxylic acids is 1. The summed E-state index contributed by atoms with van der Waals surface area (Å²) >= 11 is 6.37. The van der Waals surface area contributed by atoms with Crippen LogP contribution in [0.25, 0.3) is 0 Å². The summed E-state index contributed by atoms with van der Waals surface area (Å²) in [6.07, 6.45) is -0.386. The Kier molecular flexibility index (Phi) is 8.97. The zero-order valence-electron chi connectivity index (χ0n) is 16.0. The number of anilines is 1. The number of carboxylic acids is 2. The number of thiol groups is 1. The lowest BCUT2D eigenvalue weighted by Gasteiger charge is -2.33. The molecule has 160 valence electrons. The molecule has 7 nitrogen and oxygen atoms in total. The maximum Gasteiger partial charge on any atom is 0.350 e. The van der Waals surface area contributed by atoms with Crippen molar-refractivity contribution in [1.29, 1.82) is 0 Å². The van der Waals surface area contributed by atoms with Gasteiger partial charge in [0.1, 0.15) is 0 Å². The number of carbonyl (C=O) groups is 3. The van der Waals surface area contributed by atoms with Crippen LogP contribution in [0.5, 0.6) is 0 Å². The van der Waals surface area contributed by atoms with Crippen molar-refractivity contribution in [3.8, 4) is 0 Å². The number of nitrogens with one attached hydrogen (secondary N) is 2. The SMILES string of the molecule is O=C(O)CC[C@@](NC(=O)C(CS)Cc1ccccc1)(Nc1ccc(I)cc1)C(=O)O. The lowest BCUT2D eigenvalue weighted by molar-refractivity contribution is -0.148. The van der Waals surface area contributed by atoms with Crippen molar-refractivity contribution < 1.29 is 24.6 Å². The summed E-state index contributed by atoms with van der Waals surface area (Å²) in [5.74, 6) is -3.42. The average molecular weight is 542 g/mol. The molecule has 0 heterocycles. The van der Waals surface area contributed by atoms with Crippen LogP contribution in [-0.4, -0.2) is 39.5 Å². The molecule has 0 saturated carbocycles. The summed E-state index contributed by atoms with van der Waals surface area (Å²) in [6.45, 7) is 0. The van der Waals surface area contributed by atoms with Gasteiger partial charge in [0.05, 0.1) is 5.92 Å². The van der Waals surface area contributed by atoms with Crippen LogP contribution < -0.4 is 10.6 Å². The van der Waals surface area contributed by atoms with E-state index in [1.807, 2.05) is 30.3 Å². The number of halogens is 1. The first-order chi connectivity index (χ1) is 14.3. The first-order valence-corrected chi connectivity index (χ1v) is 10.9. The highest BCUT2D eigenvalue weighted by Gasteiger charge is 2.41. The number of benzene rings is 2. The molecule has 1 unspecified atom stereocenters. The second-order valence-electron chi connectivity index (χ2n) is 6.79. The van der Waals surface area contributed by atoms with Gasteiger partial charge in [-0.05, 0) is 58.8 Å². The van der Waals surface area contributed by atoms with Crippen molar-refractivity contribution in [3.05, 3.63) is 63.7 Å². The number of carboxylic acid groups (broad SMARTS) is 2. The lowest BCUT2D eigenvalue weighted by Crippen LogP contribution is -2.61. The highest BCUT2D eigenvalue weighted by atomic mass is 127. The van der Waals surface area contributed by atoms with E-state index in [1.54, 1.807) is 24.3 Å². The van der Waals surface area contributed by atoms with E-state index < -0.39 is 35.8 Å². The molecule has 2 aromatic carbocycles. The van der Waals surface area contributed by atoms with Crippen molar-refractivity contribution >= 4 is 58.8 Å². The van der Waals surface area contributed by atoms with Crippen LogP contribution in [0.4, 0.5) is 5.69 Å². The van der Waals surface area contributed by atoms with Gasteiger partial charge in [-0.25, -0.2) is 4.79 Å². The van der Waals surface area contributed by atoms with Crippen LogP contribution in [0.1, 0.15) is 18.4 Å². The van der Waals surface area contributed by atoms with Crippen molar-refractivity contribution in [2.75, 3.05) is 11.1 Å². The van der Waals surface area contributed by atoms with E-state index in [9.17, 15) is 19.5 Å². The first-order valence-electron chi connectivity index (χ1n) is 9.21. The van der Waals surface area contributed by atoms with E-state index in [4.69, 9.17) is 5.11 Å². The number of hydrogen-bond donors (Lipinski definition) is 5. The largest absolute Gasteiger partial charge is 0.481 e. The molecule has 0 saturated heterocycles. The number of aliphatic carboxylic acids is 2. The highest BCUT2D eigenvalue weighted by Crippen LogP contribution is 2.22. The van der Waals surface area contributed by atoms with Gasteiger partial charge in [0.25, 0.3) is 0 Å². The second-order valence-corrected chi connectivity index (χ2v) is 8.41. The van der Waals surface area contributed by atoms with Gasteiger partial charge < -0.3 is 20.8 Å². The fourth-order valence-corrected chi connectivity index (χ4v) is 3.55. The monoisotopic (exact) mass is 542 g/mol. The molecule has 0 bridgehead atoms. The molecule has 0 aromatic heterocycles. The topological polar surface area (TPSA) is 116 Å². The molecule has 9 heteroatoms. The van der Waals surface area contributed by atoms with Gasteiger partial charge in [-0.15, -0.1) is 0 Å². The lowest BCUT2D eigenvalue weighted by atomic mass is 9.97. The van der Waals surface area contributed by atoms with Crippen molar-refractivity contribution in [2.24, 2.45) is 5.92 Å². The Hall–Kier alpha value is -2.27. The summed E-state index contributed by atoms with van der Waals surface area (Å²) in [5, 5.41) is 24.4. The van der Waals surface area contributed by atoms with Crippen molar-refractivity contribution in [1.82, 2.24) is 5.32 Å². The Morgan fingerprint density at radius 3 is 2.20 bits per heavy atom. The molecule has 0 aliphatic heterocycles. The van der Waals surface area contributed by atoms with Gasteiger partial charge in [0, 0.05) is 27.9 Å². The first kappa shape index (κ1) is 24.0. The molecular formula is C21H23IN2O5S. The minimum atomic E-state index is -1.97. The molecule has 0 aliphatic rings. The molecule has 4 N–H and O–H groups in total. The van der Waals surface area contributed by atoms with E-state index in [0.717, 1.165) is 9.13 Å². The highest BCUT2D eigenvalue weighted by molar-refractivity contribution is 14.1. The van der Waals surface area contributed by atoms with E-state index in [2.05, 4.69) is 45.9 Å². The van der Waals surface area contributed by atoms with Gasteiger partial charge in [-0.2, -0.15) is 12.6 Å². The van der Waals surface area contributed by atoms with Crippen LogP contribution in [0.3, 0.4) is 0 Å². The zero-order valence-corrected chi connectivity index (χ0v) is 19.1. The Labute approximate surface area is 193 Å². The van der Waals surface area contributed by atoms with E-state index >= 15 is 0 Å². The maximum atomic E-state index is 13.0. The molecule has 1 amide bonds. The fourth-order valence-electron chi connectivity index (χ4n) is 2.90. The van der Waals surface area contributed by atoms with E-state index in [0.29, 0.717) is 12.1 Å². The van der Waals surface area contributed by atoms with Gasteiger partial charge in [0.15, 0.2) is 0 Å². The Bertz CT molecular complexity index is 879. The summed E-state index contributed by atoms with van der Waals surface area (Å²) in [4.78, 5) is 36.3. The molecular weight excluding hydrogens is 519 g/mol. The number of amides is 1. The third-order valence-electron chi connectivity index (χ3n) is 4.53. The molecule has 2 rings (SSSR count). The normalized spacial score (nSPS) is 13.7. The Morgan fingerprint density at radius 1 is 1.03 bits per heavy atom. The Balaban J connectivity index is 2.28. The summed E-state index contributed by atoms with van der Waals surface area (Å²) in [7, 11) is 0. The minimum absolute atomic E-state index is 0.207. The predicted molar refractivity (Wildman–Crippen MR) is 126 cm³/mol. The van der Waals surface area contributed by atoms with Crippen LogP contribution in [0.15, 0.2) is 54.6 Å². The average Bonchev–Trinajstić information content (AvgIpc) is 2.72. The number of rotatable bonds is 11. The van der Waals surface area contributed by atoms with Gasteiger partial charge in [-0.1, -0.05) is 30.3 Å². The molecule has 2 aromatic rings. The molecule has 0 aliphatic carbocycles. The molecule has 0 spiro atoms. The minimum Gasteiger partial charge on any atom is -0.481 e. The Morgan fingerprint density at radius 2 is 1.67 bits per heavy atom. The van der Waals surface area contributed by atoms with Crippen LogP contribution in [0, 0.1) is 9.49 Å². The van der Waals surface area contributed by atoms with Crippen molar-refractivity contribution in [2.45, 2.75) is 24.9 Å². The molecule has 2 atom stereocenters. The maximum absolute atomic E-state index is 13.0. The number of hydrogen-bond acceptors (Lipinski definition) is 5. The van der Waals surface area contributed by atoms with Crippen molar-refractivity contribution in [3.63, 3.8) is 0 Å². The molecule has 30 heavy (non-hydrogen) atoms. The quantitative estimate of drug-likeness (QED) is 0.169. The van der Waals surface area contributed by atoms with Gasteiger partial charge >= 0.3 is 11.9 Å². The fraction of sp³-hybridized carbons (Fsp3) is 0.286. The third-order valence-corrected chi connectivity index (χ3v) is 5.69. The zero-order chi connectivity index (χ0) is 22.1. The van der Waals surface area contributed by atoms with Crippen LogP contribution in [-0.2, 0) is 20.8 Å². The van der Waals surface area contributed by atoms with Crippen LogP contribution in [0.2, 0.25) is 0 Å². The summed E-state index contributed by atoms with van der Waals surface area (Å²) < 4.78 is 0.951. The van der Waals surface area contributed by atoms with Gasteiger partial charge in [0.2, 0.25) is 11.6 Å². The third kappa shape index (κ3) is 6.91. The second kappa shape index (κ2) is 11.2. The smallest absolute Gasteiger partial charge is 0.350 e. The van der Waals surface area contributed by atoms with E-state index in [1.165, 1.54) is 0 Å². The van der Waals surface area contributed by atoms with Gasteiger partial charge in [-0.3, -0.25) is 9.59 Å². The molecule has 0 radical (unpaired) electrons.